The van der Waals surface area contributed by atoms with Crippen LogP contribution in [0.1, 0.15) is 11.3 Å². The van der Waals surface area contributed by atoms with Crippen LogP contribution in [-0.4, -0.2) is 73.9 Å². The number of fused-ring (bicyclic) bond motifs is 2. The van der Waals surface area contributed by atoms with Gasteiger partial charge in [-0.2, -0.15) is 0 Å². The van der Waals surface area contributed by atoms with E-state index in [2.05, 4.69) is 32.2 Å². The number of alkyl carbamates (subject to hydrolysis) is 1. The predicted octanol–water partition coefficient (Wildman–Crippen LogP) is 4.01. The lowest BCUT2D eigenvalue weighted by atomic mass is 10.1. The van der Waals surface area contributed by atoms with Gasteiger partial charge in [0.25, 0.3) is 0 Å². The second kappa shape index (κ2) is 10.8. The van der Waals surface area contributed by atoms with E-state index in [1.165, 1.54) is 0 Å². The van der Waals surface area contributed by atoms with E-state index in [-0.39, 0.29) is 6.09 Å². The molecule has 1 aliphatic heterocycles. The Kier molecular flexibility index (Phi) is 7.20. The largest absolute Gasteiger partial charge is 0.497 e. The van der Waals surface area contributed by atoms with E-state index in [9.17, 15) is 4.79 Å². The van der Waals surface area contributed by atoms with Gasteiger partial charge in [-0.3, -0.25) is 9.80 Å². The van der Waals surface area contributed by atoms with Gasteiger partial charge in [0.15, 0.2) is 0 Å². The van der Waals surface area contributed by atoms with Crippen LogP contribution >= 0.6 is 0 Å². The molecule has 8 nitrogen and oxygen atoms in total. The first-order chi connectivity index (χ1) is 17.2. The molecule has 2 aromatic heterocycles. The van der Waals surface area contributed by atoms with Crippen molar-refractivity contribution in [3.8, 4) is 5.75 Å². The van der Waals surface area contributed by atoms with Crippen molar-refractivity contribution in [2.45, 2.75) is 13.0 Å². The molecular formula is C27H32N4O4. The number of benzene rings is 2. The Morgan fingerprint density at radius 3 is 2.74 bits per heavy atom. The third-order valence-corrected chi connectivity index (χ3v) is 6.60. The molecule has 5 rings (SSSR count). The van der Waals surface area contributed by atoms with Crippen LogP contribution in [0.5, 0.6) is 5.75 Å². The van der Waals surface area contributed by atoms with Crippen LogP contribution in [-0.2, 0) is 17.7 Å². The summed E-state index contributed by atoms with van der Waals surface area (Å²) in [5.74, 6) is 1.83. The molecule has 0 radical (unpaired) electrons. The zero-order valence-corrected chi connectivity index (χ0v) is 20.1. The number of hydrogen-bond acceptors (Lipinski definition) is 6. The molecule has 1 fully saturated rings. The summed E-state index contributed by atoms with van der Waals surface area (Å²) in [4.78, 5) is 20.1. The summed E-state index contributed by atoms with van der Waals surface area (Å²) in [5, 5.41) is 5.15. The molecule has 2 N–H and O–H groups in total. The van der Waals surface area contributed by atoms with Gasteiger partial charge in [0.1, 0.15) is 23.7 Å². The summed E-state index contributed by atoms with van der Waals surface area (Å²) in [6.45, 7) is 6.34. The van der Waals surface area contributed by atoms with E-state index in [0.717, 1.165) is 84.6 Å². The van der Waals surface area contributed by atoms with Crippen molar-refractivity contribution in [3.05, 3.63) is 66.1 Å². The average molecular weight is 477 g/mol. The van der Waals surface area contributed by atoms with E-state index in [4.69, 9.17) is 13.9 Å². The number of amides is 1. The van der Waals surface area contributed by atoms with Crippen LogP contribution in [0.15, 0.2) is 59.1 Å². The van der Waals surface area contributed by atoms with Crippen LogP contribution in [0.3, 0.4) is 0 Å². The molecule has 1 amide bonds. The number of piperazine rings is 1. The van der Waals surface area contributed by atoms with Crippen molar-refractivity contribution in [3.63, 3.8) is 0 Å². The maximum Gasteiger partial charge on any atom is 0.407 e. The average Bonchev–Trinajstić information content (AvgIpc) is 3.48. The first-order valence-corrected chi connectivity index (χ1v) is 12.1. The molecular weight excluding hydrogens is 444 g/mol. The number of H-pyrrole nitrogens is 1. The number of aromatic nitrogens is 1. The summed E-state index contributed by atoms with van der Waals surface area (Å²) in [5.41, 5.74) is 3.13. The van der Waals surface area contributed by atoms with Crippen molar-refractivity contribution >= 4 is 28.0 Å². The van der Waals surface area contributed by atoms with Gasteiger partial charge in [0, 0.05) is 67.8 Å². The highest BCUT2D eigenvalue weighted by atomic mass is 16.5. The topological polar surface area (TPSA) is 83.0 Å². The second-order valence-electron chi connectivity index (χ2n) is 8.91. The monoisotopic (exact) mass is 476 g/mol. The van der Waals surface area contributed by atoms with E-state index in [1.807, 2.05) is 42.6 Å². The summed E-state index contributed by atoms with van der Waals surface area (Å²) in [6.07, 6.45) is 2.34. The smallest absolute Gasteiger partial charge is 0.407 e. The highest BCUT2D eigenvalue weighted by Crippen LogP contribution is 2.23. The SMILES string of the molecule is COc1ccc2c(CCNC(=O)OCCN3CCN(Cc4cc5ccccc5o4)CC3)c[nH]c2c1. The Bertz CT molecular complexity index is 1240. The van der Waals surface area contributed by atoms with Crippen LogP contribution in [0.2, 0.25) is 0 Å². The highest BCUT2D eigenvalue weighted by Gasteiger charge is 2.18. The van der Waals surface area contributed by atoms with E-state index < -0.39 is 0 Å². The van der Waals surface area contributed by atoms with Gasteiger partial charge in [-0.25, -0.2) is 4.79 Å². The van der Waals surface area contributed by atoms with Gasteiger partial charge in [-0.1, -0.05) is 18.2 Å². The minimum absolute atomic E-state index is 0.366. The molecule has 0 unspecified atom stereocenters. The molecule has 35 heavy (non-hydrogen) atoms. The zero-order chi connectivity index (χ0) is 24.0. The van der Waals surface area contributed by atoms with Gasteiger partial charge < -0.3 is 24.2 Å². The predicted molar refractivity (Wildman–Crippen MR) is 136 cm³/mol. The number of carbonyl (C=O) groups excluding carboxylic acids is 1. The van der Waals surface area contributed by atoms with Gasteiger partial charge in [-0.15, -0.1) is 0 Å². The number of nitrogens with one attached hydrogen (secondary N) is 2. The van der Waals surface area contributed by atoms with Gasteiger partial charge in [0.05, 0.1) is 13.7 Å². The summed E-state index contributed by atoms with van der Waals surface area (Å²) < 4.78 is 16.6. The van der Waals surface area contributed by atoms with E-state index >= 15 is 0 Å². The van der Waals surface area contributed by atoms with Crippen LogP contribution < -0.4 is 10.1 Å². The lowest BCUT2D eigenvalue weighted by Gasteiger charge is -2.33. The number of ether oxygens (including phenoxy) is 2. The quantitative estimate of drug-likeness (QED) is 0.380. The van der Waals surface area contributed by atoms with E-state index in [0.29, 0.717) is 13.2 Å². The van der Waals surface area contributed by atoms with Crippen LogP contribution in [0.4, 0.5) is 4.79 Å². The molecule has 1 saturated heterocycles. The highest BCUT2D eigenvalue weighted by molar-refractivity contribution is 5.84. The van der Waals surface area contributed by atoms with Crippen LogP contribution in [0, 0.1) is 0 Å². The Balaban J connectivity index is 0.974. The Labute approximate surface area is 204 Å². The molecule has 0 bridgehead atoms. The zero-order valence-electron chi connectivity index (χ0n) is 20.1. The van der Waals surface area contributed by atoms with Crippen molar-refractivity contribution in [1.29, 1.82) is 0 Å². The number of furan rings is 1. The summed E-state index contributed by atoms with van der Waals surface area (Å²) in [7, 11) is 1.66. The fourth-order valence-electron chi connectivity index (χ4n) is 4.62. The third kappa shape index (κ3) is 5.78. The number of aromatic amines is 1. The van der Waals surface area contributed by atoms with E-state index in [1.54, 1.807) is 7.11 Å². The number of nitrogens with zero attached hydrogens (tertiary/aromatic N) is 2. The molecule has 1 aliphatic rings. The van der Waals surface area contributed by atoms with Crippen LogP contribution in [0.25, 0.3) is 21.9 Å². The first-order valence-electron chi connectivity index (χ1n) is 12.1. The maximum absolute atomic E-state index is 12.1. The molecule has 0 spiro atoms. The molecule has 4 aromatic rings. The summed E-state index contributed by atoms with van der Waals surface area (Å²) in [6, 6.07) is 16.2. The number of hydrogen-bond donors (Lipinski definition) is 2. The molecule has 0 atom stereocenters. The first kappa shape index (κ1) is 23.3. The molecule has 184 valence electrons. The standard InChI is InChI=1S/C27H32N4O4/c1-33-22-6-7-24-21(18-29-25(24)17-22)8-9-28-27(32)34-15-14-30-10-12-31(13-11-30)19-23-16-20-4-2-3-5-26(20)35-23/h2-7,16-18,29H,8-15,19H2,1H3,(H,28,32). The summed E-state index contributed by atoms with van der Waals surface area (Å²) >= 11 is 0. The number of para-hydroxylation sites is 1. The molecule has 0 saturated carbocycles. The lowest BCUT2D eigenvalue weighted by Crippen LogP contribution is -2.47. The maximum atomic E-state index is 12.1. The minimum atomic E-state index is -0.366. The molecule has 2 aromatic carbocycles. The van der Waals surface area contributed by atoms with Crippen molar-refractivity contribution in [2.24, 2.45) is 0 Å². The second-order valence-corrected chi connectivity index (χ2v) is 8.91. The Hall–Kier alpha value is -3.49. The van der Waals surface area contributed by atoms with Gasteiger partial charge in [0.2, 0.25) is 0 Å². The normalized spacial score (nSPS) is 15.0. The fraction of sp³-hybridized carbons (Fsp3) is 0.370. The van der Waals surface area contributed by atoms with Crippen molar-refractivity contribution < 1.29 is 18.7 Å². The van der Waals surface area contributed by atoms with Gasteiger partial charge >= 0.3 is 6.09 Å². The Morgan fingerprint density at radius 2 is 1.91 bits per heavy atom. The van der Waals surface area contributed by atoms with Gasteiger partial charge in [-0.05, 0) is 36.2 Å². The molecule has 3 heterocycles. The fourth-order valence-corrected chi connectivity index (χ4v) is 4.62. The van der Waals surface area contributed by atoms with Crippen molar-refractivity contribution in [1.82, 2.24) is 20.1 Å². The van der Waals surface area contributed by atoms with Crippen molar-refractivity contribution in [2.75, 3.05) is 53.0 Å². The third-order valence-electron chi connectivity index (χ3n) is 6.60. The molecule has 0 aliphatic carbocycles. The number of carbonyl (C=O) groups is 1. The number of rotatable bonds is 9. The lowest BCUT2D eigenvalue weighted by molar-refractivity contribution is 0.0901. The minimum Gasteiger partial charge on any atom is -0.497 e. The Morgan fingerprint density at radius 1 is 1.09 bits per heavy atom. The molecule has 8 heteroatoms. The number of methoxy groups -OCH3 is 1.